The SMILES string of the molecule is CC(=O)Nc1cccc(NC(=O)C(=O)NCC(c2cccs2)n2cccn2)c1. The average Bonchev–Trinajstić information content (AvgIpc) is 3.36. The molecule has 0 saturated carbocycles. The lowest BCUT2D eigenvalue weighted by molar-refractivity contribution is -0.136. The van der Waals surface area contributed by atoms with Gasteiger partial charge in [-0.05, 0) is 35.7 Å². The van der Waals surface area contributed by atoms with Crippen LogP contribution >= 0.6 is 11.3 Å². The van der Waals surface area contributed by atoms with Crippen LogP contribution in [0.25, 0.3) is 0 Å². The highest BCUT2D eigenvalue weighted by Crippen LogP contribution is 2.22. The predicted molar refractivity (Wildman–Crippen MR) is 107 cm³/mol. The molecule has 1 atom stereocenters. The Hall–Kier alpha value is -3.46. The van der Waals surface area contributed by atoms with Gasteiger partial charge in [-0.1, -0.05) is 12.1 Å². The van der Waals surface area contributed by atoms with E-state index in [1.807, 2.05) is 23.7 Å². The first-order chi connectivity index (χ1) is 13.5. The van der Waals surface area contributed by atoms with Gasteiger partial charge in [-0.15, -0.1) is 11.3 Å². The predicted octanol–water partition coefficient (Wildman–Crippen LogP) is 2.25. The minimum atomic E-state index is -0.787. The fourth-order valence-corrected chi connectivity index (χ4v) is 3.43. The van der Waals surface area contributed by atoms with E-state index in [0.29, 0.717) is 11.4 Å². The second-order valence-corrected chi connectivity index (χ2v) is 6.92. The number of nitrogens with one attached hydrogen (secondary N) is 3. The summed E-state index contributed by atoms with van der Waals surface area (Å²) in [5.41, 5.74) is 0.940. The Morgan fingerprint density at radius 1 is 1.07 bits per heavy atom. The zero-order valence-corrected chi connectivity index (χ0v) is 15.9. The summed E-state index contributed by atoms with van der Waals surface area (Å²) >= 11 is 1.55. The molecule has 0 spiro atoms. The maximum atomic E-state index is 12.2. The molecule has 3 amide bonds. The second kappa shape index (κ2) is 8.96. The molecule has 0 radical (unpaired) electrons. The Labute approximate surface area is 165 Å². The van der Waals surface area contributed by atoms with E-state index >= 15 is 0 Å². The Balaban J connectivity index is 1.61. The van der Waals surface area contributed by atoms with Crippen molar-refractivity contribution in [1.29, 1.82) is 0 Å². The van der Waals surface area contributed by atoms with E-state index in [1.165, 1.54) is 6.92 Å². The number of thiophene rings is 1. The minimum Gasteiger partial charge on any atom is -0.345 e. The molecule has 0 aliphatic heterocycles. The van der Waals surface area contributed by atoms with Crippen LogP contribution in [0.4, 0.5) is 11.4 Å². The van der Waals surface area contributed by atoms with E-state index in [2.05, 4.69) is 21.0 Å². The third-order valence-corrected chi connectivity index (χ3v) is 4.79. The molecule has 3 N–H and O–H groups in total. The van der Waals surface area contributed by atoms with Crippen molar-refractivity contribution in [2.75, 3.05) is 17.2 Å². The van der Waals surface area contributed by atoms with Crippen LogP contribution in [-0.4, -0.2) is 34.0 Å². The number of anilines is 2. The number of carbonyl (C=O) groups excluding carboxylic acids is 3. The Kier molecular flexibility index (Phi) is 6.18. The molecule has 2 heterocycles. The zero-order valence-electron chi connectivity index (χ0n) is 15.1. The number of nitrogens with zero attached hydrogens (tertiary/aromatic N) is 2. The maximum absolute atomic E-state index is 12.2. The Morgan fingerprint density at radius 3 is 2.50 bits per heavy atom. The van der Waals surface area contributed by atoms with E-state index in [4.69, 9.17) is 0 Å². The Bertz CT molecular complexity index is 920. The molecular weight excluding hydrogens is 378 g/mol. The fourth-order valence-electron chi connectivity index (χ4n) is 2.61. The lowest BCUT2D eigenvalue weighted by atomic mass is 10.2. The molecule has 0 aliphatic rings. The monoisotopic (exact) mass is 397 g/mol. The van der Waals surface area contributed by atoms with Crippen molar-refractivity contribution >= 4 is 40.4 Å². The summed E-state index contributed by atoms with van der Waals surface area (Å²) in [4.78, 5) is 36.6. The van der Waals surface area contributed by atoms with E-state index < -0.39 is 11.8 Å². The highest BCUT2D eigenvalue weighted by atomic mass is 32.1. The van der Waals surface area contributed by atoms with E-state index in [0.717, 1.165) is 4.88 Å². The first kappa shape index (κ1) is 19.3. The van der Waals surface area contributed by atoms with Crippen LogP contribution in [0.2, 0.25) is 0 Å². The molecule has 3 rings (SSSR count). The Morgan fingerprint density at radius 2 is 1.86 bits per heavy atom. The van der Waals surface area contributed by atoms with Crippen molar-refractivity contribution in [2.24, 2.45) is 0 Å². The number of benzene rings is 1. The van der Waals surface area contributed by atoms with E-state index in [9.17, 15) is 14.4 Å². The van der Waals surface area contributed by atoms with Crippen molar-refractivity contribution in [3.05, 3.63) is 65.1 Å². The number of rotatable bonds is 6. The molecule has 28 heavy (non-hydrogen) atoms. The summed E-state index contributed by atoms with van der Waals surface area (Å²) in [6.07, 6.45) is 3.47. The van der Waals surface area contributed by atoms with Gasteiger partial charge in [-0.3, -0.25) is 19.1 Å². The van der Waals surface area contributed by atoms with Crippen LogP contribution in [0.3, 0.4) is 0 Å². The van der Waals surface area contributed by atoms with Gasteiger partial charge in [0.15, 0.2) is 0 Å². The summed E-state index contributed by atoms with van der Waals surface area (Å²) in [6.45, 7) is 1.61. The summed E-state index contributed by atoms with van der Waals surface area (Å²) in [5, 5.41) is 14.0. The van der Waals surface area contributed by atoms with Crippen molar-refractivity contribution in [3.63, 3.8) is 0 Å². The summed E-state index contributed by atoms with van der Waals surface area (Å²) in [6, 6.07) is 12.0. The topological polar surface area (TPSA) is 105 Å². The van der Waals surface area contributed by atoms with Gasteiger partial charge in [0.05, 0.1) is 0 Å². The van der Waals surface area contributed by atoms with Gasteiger partial charge >= 0.3 is 11.8 Å². The quantitative estimate of drug-likeness (QED) is 0.555. The smallest absolute Gasteiger partial charge is 0.313 e. The lowest BCUT2D eigenvalue weighted by Crippen LogP contribution is -2.38. The molecule has 0 bridgehead atoms. The van der Waals surface area contributed by atoms with Gasteiger partial charge in [0.2, 0.25) is 5.91 Å². The third kappa shape index (κ3) is 5.04. The average molecular weight is 397 g/mol. The number of carbonyl (C=O) groups is 3. The van der Waals surface area contributed by atoms with E-state index in [1.54, 1.807) is 52.5 Å². The van der Waals surface area contributed by atoms with E-state index in [-0.39, 0.29) is 18.5 Å². The van der Waals surface area contributed by atoms with Crippen LogP contribution in [0.15, 0.2) is 60.2 Å². The number of amides is 3. The van der Waals surface area contributed by atoms with Gasteiger partial charge in [-0.25, -0.2) is 0 Å². The van der Waals surface area contributed by atoms with Crippen molar-refractivity contribution in [1.82, 2.24) is 15.1 Å². The first-order valence-electron chi connectivity index (χ1n) is 8.52. The van der Waals surface area contributed by atoms with Crippen LogP contribution in [0, 0.1) is 0 Å². The second-order valence-electron chi connectivity index (χ2n) is 5.94. The largest absolute Gasteiger partial charge is 0.345 e. The highest BCUT2D eigenvalue weighted by Gasteiger charge is 2.19. The highest BCUT2D eigenvalue weighted by molar-refractivity contribution is 7.10. The molecule has 0 aliphatic carbocycles. The molecule has 0 saturated heterocycles. The number of hydrogen-bond donors (Lipinski definition) is 3. The zero-order chi connectivity index (χ0) is 19.9. The van der Waals surface area contributed by atoms with Crippen LogP contribution < -0.4 is 16.0 Å². The summed E-state index contributed by atoms with van der Waals surface area (Å²) in [5.74, 6) is -1.76. The maximum Gasteiger partial charge on any atom is 0.313 e. The molecule has 8 nitrogen and oxygen atoms in total. The van der Waals surface area contributed by atoms with Gasteiger partial charge in [0.25, 0.3) is 0 Å². The van der Waals surface area contributed by atoms with Crippen molar-refractivity contribution < 1.29 is 14.4 Å². The van der Waals surface area contributed by atoms with Gasteiger partial charge < -0.3 is 16.0 Å². The normalized spacial score (nSPS) is 11.5. The van der Waals surface area contributed by atoms with Crippen molar-refractivity contribution in [3.8, 4) is 0 Å². The molecule has 3 aromatic rings. The number of hydrogen-bond acceptors (Lipinski definition) is 5. The number of aromatic nitrogens is 2. The summed E-state index contributed by atoms with van der Waals surface area (Å²) < 4.78 is 1.74. The molecular formula is C19H19N5O3S. The molecule has 9 heteroatoms. The minimum absolute atomic E-state index is 0.199. The van der Waals surface area contributed by atoms with Gasteiger partial charge in [0, 0.05) is 42.1 Å². The molecule has 0 fully saturated rings. The van der Waals surface area contributed by atoms with Crippen LogP contribution in [0.1, 0.15) is 17.8 Å². The molecule has 1 aromatic carbocycles. The molecule has 2 aromatic heterocycles. The molecule has 144 valence electrons. The van der Waals surface area contributed by atoms with Crippen LogP contribution in [-0.2, 0) is 14.4 Å². The lowest BCUT2D eigenvalue weighted by Gasteiger charge is -2.17. The van der Waals surface area contributed by atoms with Crippen LogP contribution in [0.5, 0.6) is 0 Å². The first-order valence-corrected chi connectivity index (χ1v) is 9.40. The molecule has 1 unspecified atom stereocenters. The van der Waals surface area contributed by atoms with Gasteiger partial charge in [0.1, 0.15) is 6.04 Å². The summed E-state index contributed by atoms with van der Waals surface area (Å²) in [7, 11) is 0. The third-order valence-electron chi connectivity index (χ3n) is 3.82. The van der Waals surface area contributed by atoms with Crippen molar-refractivity contribution in [2.45, 2.75) is 13.0 Å². The van der Waals surface area contributed by atoms with Gasteiger partial charge in [-0.2, -0.15) is 5.10 Å². The fraction of sp³-hybridized carbons (Fsp3) is 0.158. The standard InChI is InChI=1S/C19H19N5O3S/c1-13(25)22-14-5-2-6-15(11-14)23-19(27)18(26)20-12-16(17-7-3-10-28-17)24-9-4-8-21-24/h2-11,16H,12H2,1H3,(H,20,26)(H,22,25)(H,23,27).